The predicted octanol–water partition coefficient (Wildman–Crippen LogP) is 1.41. The molecule has 0 radical (unpaired) electrons. The molecule has 1 atom stereocenters. The fourth-order valence-electron chi connectivity index (χ4n) is 3.85. The number of aryl methyl sites for hydroxylation is 2. The topological polar surface area (TPSA) is 67.7 Å². The van der Waals surface area contributed by atoms with E-state index in [9.17, 15) is 9.59 Å². The van der Waals surface area contributed by atoms with Gasteiger partial charge in [-0.1, -0.05) is 6.92 Å². The molecule has 0 saturated carbocycles. The first-order valence-electron chi connectivity index (χ1n) is 8.59. The minimum Gasteiger partial charge on any atom is -0.447 e. The predicted molar refractivity (Wildman–Crippen MR) is 88.7 cm³/mol. The monoisotopic (exact) mass is 334 g/mol. The van der Waals surface area contributed by atoms with Crippen molar-refractivity contribution in [2.45, 2.75) is 45.6 Å². The standard InChI is InChI=1S/C17H26N4O3/c1-5-17-10-20(8-9-21(17)16(23)24-11-17)15(22)7-6-14-12(2)18-19(4)13(14)3/h5-11H2,1-4H3. The zero-order valence-electron chi connectivity index (χ0n) is 15.0. The number of carbonyl (C=O) groups is 2. The number of hydrogen-bond acceptors (Lipinski definition) is 4. The highest BCUT2D eigenvalue weighted by Gasteiger charge is 2.50. The molecule has 0 N–H and O–H groups in total. The van der Waals surface area contributed by atoms with Gasteiger partial charge in [0.2, 0.25) is 5.91 Å². The molecule has 3 heterocycles. The van der Waals surface area contributed by atoms with E-state index < -0.39 is 0 Å². The van der Waals surface area contributed by atoms with Gasteiger partial charge in [0.25, 0.3) is 0 Å². The summed E-state index contributed by atoms with van der Waals surface area (Å²) in [5.74, 6) is 0.143. The molecule has 0 bridgehead atoms. The highest BCUT2D eigenvalue weighted by Crippen LogP contribution is 2.32. The van der Waals surface area contributed by atoms with Gasteiger partial charge in [-0.15, -0.1) is 0 Å². The van der Waals surface area contributed by atoms with Gasteiger partial charge in [-0.2, -0.15) is 5.10 Å². The molecular weight excluding hydrogens is 308 g/mol. The highest BCUT2D eigenvalue weighted by molar-refractivity contribution is 5.78. The van der Waals surface area contributed by atoms with Crippen molar-refractivity contribution in [2.75, 3.05) is 26.2 Å². The van der Waals surface area contributed by atoms with Crippen LogP contribution in [0, 0.1) is 13.8 Å². The molecule has 2 saturated heterocycles. The molecule has 0 aliphatic carbocycles. The SMILES string of the molecule is CCC12COC(=O)N1CCN(C(=O)CCc1c(C)nn(C)c1C)C2. The van der Waals surface area contributed by atoms with Crippen molar-refractivity contribution in [3.8, 4) is 0 Å². The van der Waals surface area contributed by atoms with Gasteiger partial charge in [0, 0.05) is 38.8 Å². The van der Waals surface area contributed by atoms with Crippen LogP contribution in [-0.4, -0.2) is 63.4 Å². The van der Waals surface area contributed by atoms with Gasteiger partial charge in [0.1, 0.15) is 6.61 Å². The Balaban J connectivity index is 1.65. The van der Waals surface area contributed by atoms with Crippen molar-refractivity contribution >= 4 is 12.0 Å². The van der Waals surface area contributed by atoms with E-state index in [0.717, 1.165) is 23.4 Å². The van der Waals surface area contributed by atoms with Gasteiger partial charge >= 0.3 is 6.09 Å². The van der Waals surface area contributed by atoms with Crippen molar-refractivity contribution in [1.82, 2.24) is 19.6 Å². The molecular formula is C17H26N4O3. The Hall–Kier alpha value is -2.05. The second kappa shape index (κ2) is 6.11. The van der Waals surface area contributed by atoms with Crippen LogP contribution in [0.1, 0.15) is 36.7 Å². The lowest BCUT2D eigenvalue weighted by molar-refractivity contribution is -0.135. The Morgan fingerprint density at radius 1 is 1.33 bits per heavy atom. The van der Waals surface area contributed by atoms with Crippen molar-refractivity contribution in [2.24, 2.45) is 7.05 Å². The van der Waals surface area contributed by atoms with Crippen LogP contribution >= 0.6 is 0 Å². The maximum absolute atomic E-state index is 12.7. The summed E-state index contributed by atoms with van der Waals surface area (Å²) in [6, 6.07) is 0. The van der Waals surface area contributed by atoms with Crippen molar-refractivity contribution in [1.29, 1.82) is 0 Å². The third-order valence-corrected chi connectivity index (χ3v) is 5.59. The van der Waals surface area contributed by atoms with Crippen molar-refractivity contribution in [3.05, 3.63) is 17.0 Å². The maximum Gasteiger partial charge on any atom is 0.410 e. The molecule has 0 aromatic carbocycles. The average molecular weight is 334 g/mol. The first kappa shape index (κ1) is 16.8. The number of ether oxygens (including phenoxy) is 1. The second-order valence-electron chi connectivity index (χ2n) is 6.87. The number of nitrogens with zero attached hydrogens (tertiary/aromatic N) is 4. The summed E-state index contributed by atoms with van der Waals surface area (Å²) < 4.78 is 7.09. The summed E-state index contributed by atoms with van der Waals surface area (Å²) in [6.45, 7) is 8.16. The summed E-state index contributed by atoms with van der Waals surface area (Å²) in [6.07, 6.45) is 1.73. The van der Waals surface area contributed by atoms with Gasteiger partial charge in [-0.05, 0) is 32.3 Å². The van der Waals surface area contributed by atoms with Crippen molar-refractivity contribution in [3.63, 3.8) is 0 Å². The second-order valence-corrected chi connectivity index (χ2v) is 6.87. The largest absolute Gasteiger partial charge is 0.447 e. The van der Waals surface area contributed by atoms with E-state index in [-0.39, 0.29) is 17.5 Å². The minimum atomic E-state index is -0.342. The van der Waals surface area contributed by atoms with Crippen LogP contribution < -0.4 is 0 Å². The molecule has 1 aromatic heterocycles. The zero-order chi connectivity index (χ0) is 17.5. The number of piperazine rings is 1. The van der Waals surface area contributed by atoms with Gasteiger partial charge in [0.05, 0.1) is 11.2 Å². The quantitative estimate of drug-likeness (QED) is 0.835. The fraction of sp³-hybridized carbons (Fsp3) is 0.706. The van der Waals surface area contributed by atoms with Crippen LogP contribution in [0.5, 0.6) is 0 Å². The van der Waals surface area contributed by atoms with E-state index in [2.05, 4.69) is 5.10 Å². The minimum absolute atomic E-state index is 0.143. The normalized spacial score (nSPS) is 23.4. The van der Waals surface area contributed by atoms with E-state index in [1.54, 1.807) is 4.90 Å². The van der Waals surface area contributed by atoms with Gasteiger partial charge in [-0.25, -0.2) is 4.79 Å². The van der Waals surface area contributed by atoms with E-state index in [1.165, 1.54) is 0 Å². The Kier molecular flexibility index (Phi) is 4.27. The number of hydrogen-bond donors (Lipinski definition) is 0. The van der Waals surface area contributed by atoms with Gasteiger partial charge in [0.15, 0.2) is 0 Å². The Morgan fingerprint density at radius 3 is 2.71 bits per heavy atom. The average Bonchev–Trinajstić information content (AvgIpc) is 3.03. The van der Waals surface area contributed by atoms with Gasteiger partial charge in [-0.3, -0.25) is 14.4 Å². The van der Waals surface area contributed by atoms with E-state index in [1.807, 2.05) is 37.4 Å². The summed E-state index contributed by atoms with van der Waals surface area (Å²) in [4.78, 5) is 28.2. The summed E-state index contributed by atoms with van der Waals surface area (Å²) >= 11 is 0. The van der Waals surface area contributed by atoms with Crippen LogP contribution in [0.2, 0.25) is 0 Å². The Labute approximate surface area is 142 Å². The van der Waals surface area contributed by atoms with Crippen LogP contribution in [0.15, 0.2) is 0 Å². The molecule has 3 rings (SSSR count). The number of aromatic nitrogens is 2. The van der Waals surface area contributed by atoms with Gasteiger partial charge < -0.3 is 9.64 Å². The smallest absolute Gasteiger partial charge is 0.410 e. The molecule has 2 fully saturated rings. The number of amides is 2. The van der Waals surface area contributed by atoms with Crippen LogP contribution in [0.25, 0.3) is 0 Å². The van der Waals surface area contributed by atoms with Crippen LogP contribution in [0.4, 0.5) is 4.79 Å². The molecule has 2 aliphatic heterocycles. The number of cyclic esters (lactones) is 1. The lowest BCUT2D eigenvalue weighted by atomic mass is 9.92. The Bertz CT molecular complexity index is 669. The maximum atomic E-state index is 12.7. The molecule has 24 heavy (non-hydrogen) atoms. The molecule has 132 valence electrons. The fourth-order valence-corrected chi connectivity index (χ4v) is 3.85. The molecule has 7 nitrogen and oxygen atoms in total. The van der Waals surface area contributed by atoms with Crippen LogP contribution in [0.3, 0.4) is 0 Å². The Morgan fingerprint density at radius 2 is 2.08 bits per heavy atom. The van der Waals surface area contributed by atoms with E-state index >= 15 is 0 Å². The molecule has 2 aliphatic rings. The van der Waals surface area contributed by atoms with Crippen LogP contribution in [-0.2, 0) is 23.0 Å². The summed E-state index contributed by atoms with van der Waals surface area (Å²) in [5.41, 5.74) is 2.93. The third-order valence-electron chi connectivity index (χ3n) is 5.59. The molecule has 7 heteroatoms. The third kappa shape index (κ3) is 2.65. The molecule has 0 spiro atoms. The lowest BCUT2D eigenvalue weighted by Gasteiger charge is -2.44. The van der Waals surface area contributed by atoms with E-state index in [4.69, 9.17) is 4.74 Å². The summed E-state index contributed by atoms with van der Waals surface area (Å²) in [7, 11) is 1.93. The number of carbonyl (C=O) groups excluding carboxylic acids is 2. The highest BCUT2D eigenvalue weighted by atomic mass is 16.6. The molecule has 1 unspecified atom stereocenters. The first-order chi connectivity index (χ1) is 11.4. The number of rotatable bonds is 4. The molecule has 1 aromatic rings. The van der Waals surface area contributed by atoms with Crippen molar-refractivity contribution < 1.29 is 14.3 Å². The molecule has 2 amide bonds. The van der Waals surface area contributed by atoms with E-state index in [0.29, 0.717) is 39.1 Å². The zero-order valence-corrected chi connectivity index (χ0v) is 15.0. The lowest BCUT2D eigenvalue weighted by Crippen LogP contribution is -2.62. The summed E-state index contributed by atoms with van der Waals surface area (Å²) in [5, 5.41) is 4.41. The first-order valence-corrected chi connectivity index (χ1v) is 8.59. The number of fused-ring (bicyclic) bond motifs is 1.